The zero-order valence-electron chi connectivity index (χ0n) is 20.8. The van der Waals surface area contributed by atoms with Gasteiger partial charge in [-0.15, -0.1) is 0 Å². The fourth-order valence-corrected chi connectivity index (χ4v) is 4.08. The molecular weight excluding hydrogens is 450 g/mol. The minimum absolute atomic E-state index is 0.0682. The number of carbonyl (C=O) groups excluding carboxylic acids is 2. The second kappa shape index (κ2) is 11.4. The summed E-state index contributed by atoms with van der Waals surface area (Å²) in [6.07, 6.45) is 2.41. The number of nitrogens with one attached hydrogen (secondary N) is 3. The molecule has 4 aromatic rings. The maximum absolute atomic E-state index is 13.2. The van der Waals surface area contributed by atoms with Crippen LogP contribution in [0.4, 0.5) is 0 Å². The lowest BCUT2D eigenvalue weighted by Gasteiger charge is -2.12. The van der Waals surface area contributed by atoms with Crippen LogP contribution < -0.4 is 15.4 Å². The first-order valence-electron chi connectivity index (χ1n) is 12.1. The van der Waals surface area contributed by atoms with Crippen LogP contribution in [0.25, 0.3) is 17.0 Å². The maximum Gasteiger partial charge on any atom is 0.267 e. The van der Waals surface area contributed by atoms with E-state index in [1.54, 1.807) is 30.3 Å². The molecule has 184 valence electrons. The molecule has 3 N–H and O–H groups in total. The summed E-state index contributed by atoms with van der Waals surface area (Å²) < 4.78 is 5.70. The second-order valence-corrected chi connectivity index (χ2v) is 8.89. The molecule has 0 aliphatic rings. The third kappa shape index (κ3) is 6.21. The Morgan fingerprint density at radius 3 is 2.36 bits per heavy atom. The Morgan fingerprint density at radius 1 is 0.944 bits per heavy atom. The molecule has 0 saturated carbocycles. The smallest absolute Gasteiger partial charge is 0.267 e. The van der Waals surface area contributed by atoms with E-state index in [9.17, 15) is 9.59 Å². The van der Waals surface area contributed by atoms with Gasteiger partial charge in [-0.25, -0.2) is 0 Å². The zero-order chi connectivity index (χ0) is 25.5. The number of aromatic nitrogens is 1. The van der Waals surface area contributed by atoms with Crippen molar-refractivity contribution >= 4 is 28.8 Å². The van der Waals surface area contributed by atoms with Crippen molar-refractivity contribution in [1.82, 2.24) is 15.6 Å². The summed E-state index contributed by atoms with van der Waals surface area (Å²) >= 11 is 0. The minimum Gasteiger partial charge on any atom is -0.491 e. The number of hydrogen-bond donors (Lipinski definition) is 3. The summed E-state index contributed by atoms with van der Waals surface area (Å²) in [5.41, 5.74) is 4.77. The Kier molecular flexibility index (Phi) is 7.85. The van der Waals surface area contributed by atoms with Crippen molar-refractivity contribution in [1.29, 1.82) is 0 Å². The van der Waals surface area contributed by atoms with Gasteiger partial charge >= 0.3 is 0 Å². The number of para-hydroxylation sites is 1. The first-order valence-corrected chi connectivity index (χ1v) is 12.1. The van der Waals surface area contributed by atoms with E-state index < -0.39 is 0 Å². The van der Waals surface area contributed by atoms with Crippen molar-refractivity contribution in [2.24, 2.45) is 0 Å². The van der Waals surface area contributed by atoms with Gasteiger partial charge in [-0.05, 0) is 74.7 Å². The fourth-order valence-electron chi connectivity index (χ4n) is 4.08. The average molecular weight is 482 g/mol. The van der Waals surface area contributed by atoms with E-state index in [0.717, 1.165) is 27.9 Å². The van der Waals surface area contributed by atoms with E-state index in [1.165, 1.54) is 5.56 Å². The largest absolute Gasteiger partial charge is 0.491 e. The molecule has 0 saturated heterocycles. The molecule has 2 amide bonds. The monoisotopic (exact) mass is 481 g/mol. The standard InChI is InChI=1S/C30H31N3O3/c1-20(2)36-24-15-13-22(14-16-24)19-28(33-29(34)23-9-5-4-6-10-23)30(35)31-18-17-25-21(3)32-27-12-8-7-11-26(25)27/h4-16,19-20,32H,17-18H2,1-3H3,(H,31,35)(H,33,34). The van der Waals surface area contributed by atoms with E-state index in [4.69, 9.17) is 4.74 Å². The topological polar surface area (TPSA) is 83.2 Å². The van der Waals surface area contributed by atoms with Gasteiger partial charge in [0.15, 0.2) is 0 Å². The van der Waals surface area contributed by atoms with Gasteiger partial charge in [0.05, 0.1) is 6.10 Å². The summed E-state index contributed by atoms with van der Waals surface area (Å²) in [5, 5.41) is 6.91. The molecule has 0 bridgehead atoms. The van der Waals surface area contributed by atoms with Crippen LogP contribution in [0.1, 0.15) is 41.0 Å². The lowest BCUT2D eigenvalue weighted by atomic mass is 10.1. The Bertz CT molecular complexity index is 1370. The van der Waals surface area contributed by atoms with Gasteiger partial charge in [0.1, 0.15) is 11.4 Å². The molecule has 0 aliphatic carbocycles. The molecular formula is C30H31N3O3. The highest BCUT2D eigenvalue weighted by molar-refractivity contribution is 6.05. The number of amides is 2. The van der Waals surface area contributed by atoms with Crippen LogP contribution in [0.15, 0.2) is 84.6 Å². The molecule has 0 atom stereocenters. The molecule has 1 heterocycles. The van der Waals surface area contributed by atoms with Gasteiger partial charge in [0, 0.05) is 28.7 Å². The molecule has 6 heteroatoms. The molecule has 0 unspecified atom stereocenters. The quantitative estimate of drug-likeness (QED) is 0.280. The van der Waals surface area contributed by atoms with Crippen LogP contribution in [-0.4, -0.2) is 29.4 Å². The van der Waals surface area contributed by atoms with E-state index in [1.807, 2.05) is 69.3 Å². The summed E-state index contributed by atoms with van der Waals surface area (Å²) in [6.45, 7) is 6.40. The lowest BCUT2D eigenvalue weighted by molar-refractivity contribution is -0.117. The van der Waals surface area contributed by atoms with E-state index in [2.05, 4.69) is 21.7 Å². The molecule has 6 nitrogen and oxygen atoms in total. The number of fused-ring (bicyclic) bond motifs is 1. The molecule has 3 aromatic carbocycles. The summed E-state index contributed by atoms with van der Waals surface area (Å²) in [7, 11) is 0. The van der Waals surface area contributed by atoms with Crippen LogP contribution in [0.2, 0.25) is 0 Å². The van der Waals surface area contributed by atoms with E-state index in [0.29, 0.717) is 18.5 Å². The number of H-pyrrole nitrogens is 1. The molecule has 36 heavy (non-hydrogen) atoms. The lowest BCUT2D eigenvalue weighted by Crippen LogP contribution is -2.35. The molecule has 0 radical (unpaired) electrons. The summed E-state index contributed by atoms with van der Waals surface area (Å²) in [4.78, 5) is 29.4. The van der Waals surface area contributed by atoms with Crippen molar-refractivity contribution in [2.45, 2.75) is 33.3 Å². The number of rotatable bonds is 9. The molecule has 0 fully saturated rings. The number of aromatic amines is 1. The van der Waals surface area contributed by atoms with Crippen molar-refractivity contribution in [3.63, 3.8) is 0 Å². The zero-order valence-corrected chi connectivity index (χ0v) is 20.8. The molecule has 0 aliphatic heterocycles. The van der Waals surface area contributed by atoms with Crippen LogP contribution in [-0.2, 0) is 11.2 Å². The fraction of sp³-hybridized carbons (Fsp3) is 0.200. The Morgan fingerprint density at radius 2 is 1.64 bits per heavy atom. The minimum atomic E-state index is -0.348. The predicted molar refractivity (Wildman–Crippen MR) is 144 cm³/mol. The number of carbonyl (C=O) groups is 2. The highest BCUT2D eigenvalue weighted by atomic mass is 16.5. The van der Waals surface area contributed by atoms with Gasteiger partial charge in [0.2, 0.25) is 0 Å². The van der Waals surface area contributed by atoms with E-state index in [-0.39, 0.29) is 23.6 Å². The third-order valence-electron chi connectivity index (χ3n) is 5.78. The van der Waals surface area contributed by atoms with Crippen molar-refractivity contribution < 1.29 is 14.3 Å². The van der Waals surface area contributed by atoms with Crippen LogP contribution >= 0.6 is 0 Å². The Balaban J connectivity index is 1.50. The van der Waals surface area contributed by atoms with Gasteiger partial charge in [-0.1, -0.05) is 48.5 Å². The van der Waals surface area contributed by atoms with Crippen molar-refractivity contribution in [2.75, 3.05) is 6.54 Å². The number of benzene rings is 3. The highest BCUT2D eigenvalue weighted by Crippen LogP contribution is 2.22. The SMILES string of the molecule is Cc1[nH]c2ccccc2c1CCNC(=O)C(=Cc1ccc(OC(C)C)cc1)NC(=O)c1ccccc1. The highest BCUT2D eigenvalue weighted by Gasteiger charge is 2.15. The van der Waals surface area contributed by atoms with Crippen molar-refractivity contribution in [3.8, 4) is 5.75 Å². The van der Waals surface area contributed by atoms with E-state index >= 15 is 0 Å². The van der Waals surface area contributed by atoms with Gasteiger partial charge < -0.3 is 20.4 Å². The second-order valence-electron chi connectivity index (χ2n) is 8.89. The molecule has 4 rings (SSSR count). The van der Waals surface area contributed by atoms with Gasteiger partial charge in [0.25, 0.3) is 11.8 Å². The van der Waals surface area contributed by atoms with Gasteiger partial charge in [-0.2, -0.15) is 0 Å². The first-order chi connectivity index (χ1) is 17.4. The molecule has 1 aromatic heterocycles. The predicted octanol–water partition coefficient (Wildman–Crippen LogP) is 5.39. The summed E-state index contributed by atoms with van der Waals surface area (Å²) in [6, 6.07) is 24.4. The van der Waals surface area contributed by atoms with Gasteiger partial charge in [-0.3, -0.25) is 9.59 Å². The first kappa shape index (κ1) is 24.8. The average Bonchev–Trinajstić information content (AvgIpc) is 3.19. The third-order valence-corrected chi connectivity index (χ3v) is 5.78. The number of aryl methyl sites for hydroxylation is 1. The Labute approximate surface area is 211 Å². The van der Waals surface area contributed by atoms with Crippen LogP contribution in [0, 0.1) is 6.92 Å². The number of hydrogen-bond acceptors (Lipinski definition) is 3. The Hall–Kier alpha value is -4.32. The van der Waals surface area contributed by atoms with Crippen LogP contribution in [0.3, 0.4) is 0 Å². The van der Waals surface area contributed by atoms with Crippen molar-refractivity contribution in [3.05, 3.63) is 107 Å². The maximum atomic E-state index is 13.2. The summed E-state index contributed by atoms with van der Waals surface area (Å²) in [5.74, 6) is 0.0547. The number of ether oxygens (including phenoxy) is 1. The normalized spacial score (nSPS) is 11.5. The van der Waals surface area contributed by atoms with Crippen LogP contribution in [0.5, 0.6) is 5.75 Å². The molecule has 0 spiro atoms.